The number of alkyl halides is 3. The summed E-state index contributed by atoms with van der Waals surface area (Å²) in [7, 11) is 3.29. The lowest BCUT2D eigenvalue weighted by atomic mass is 9.53. The standard InChI is InChI=1S/C25H28F3N3O7/c1-9(25(26,27)28)30-8-11-6-14(31(2)3)13-5-10-4-12-7-15(32)18(23(29)37)22(36)24(12,38)21(35)16(10)20(34)17(13)19(11)33/h6,9-10,12,16,18,30,33,38H,4-5,7-8H2,1-3H3,(H2,29,37)/t9?,10-,12+,16?,18?,24+/m1/s1. The van der Waals surface area contributed by atoms with E-state index in [1.165, 1.54) is 6.07 Å². The highest BCUT2D eigenvalue weighted by Gasteiger charge is 2.66. The number of nitrogens with one attached hydrogen (secondary N) is 1. The molecule has 4 rings (SSSR count). The van der Waals surface area contributed by atoms with Gasteiger partial charge in [-0.25, -0.2) is 0 Å². The van der Waals surface area contributed by atoms with E-state index in [1.807, 2.05) is 0 Å². The lowest BCUT2D eigenvalue weighted by molar-refractivity contribution is -0.175. The highest BCUT2D eigenvalue weighted by molar-refractivity contribution is 6.31. The number of primary amides is 1. The summed E-state index contributed by atoms with van der Waals surface area (Å²) >= 11 is 0. The Kier molecular flexibility index (Phi) is 6.68. The maximum absolute atomic E-state index is 13.7. The molecule has 5 N–H and O–H groups in total. The van der Waals surface area contributed by atoms with Crippen molar-refractivity contribution in [2.24, 2.45) is 29.4 Å². The van der Waals surface area contributed by atoms with Gasteiger partial charge in [-0.05, 0) is 37.3 Å². The number of phenolic OH excluding ortho intramolecular Hbond substituents is 1. The molecule has 1 aromatic rings. The first-order chi connectivity index (χ1) is 17.5. The van der Waals surface area contributed by atoms with Crippen LogP contribution in [0.25, 0.3) is 0 Å². The molecule has 0 spiro atoms. The SMILES string of the molecule is CC(NCc1cc(N(C)C)c2c(c1O)C(=O)C1C(=O)[C@]3(O)C(=O)C(C(N)=O)C(=O)C[C@@H]3C[C@@H]1C2)C(F)(F)F. The van der Waals surface area contributed by atoms with E-state index in [1.54, 1.807) is 19.0 Å². The van der Waals surface area contributed by atoms with Crippen LogP contribution < -0.4 is 16.0 Å². The number of nitrogens with zero attached hydrogens (tertiary/aromatic N) is 1. The quantitative estimate of drug-likeness (QED) is 0.388. The molecular formula is C25H28F3N3O7. The minimum Gasteiger partial charge on any atom is -0.507 e. The molecule has 0 aliphatic heterocycles. The lowest BCUT2D eigenvalue weighted by Crippen LogP contribution is -2.68. The molecule has 206 valence electrons. The molecule has 6 atom stereocenters. The number of anilines is 1. The number of aromatic hydroxyl groups is 1. The van der Waals surface area contributed by atoms with Crippen LogP contribution in [0, 0.1) is 23.7 Å². The highest BCUT2D eigenvalue weighted by Crippen LogP contribution is 2.51. The van der Waals surface area contributed by atoms with Gasteiger partial charge >= 0.3 is 6.18 Å². The maximum Gasteiger partial charge on any atom is 0.403 e. The molecule has 3 unspecified atom stereocenters. The average Bonchev–Trinajstić information content (AvgIpc) is 2.79. The molecule has 0 heterocycles. The molecule has 10 nitrogen and oxygen atoms in total. The van der Waals surface area contributed by atoms with Gasteiger partial charge in [-0.3, -0.25) is 24.0 Å². The predicted octanol–water partition coefficient (Wildman–Crippen LogP) is 0.433. The third-order valence-electron chi connectivity index (χ3n) is 8.03. The van der Waals surface area contributed by atoms with Crippen molar-refractivity contribution < 1.29 is 47.4 Å². The van der Waals surface area contributed by atoms with Crippen LogP contribution in [0.4, 0.5) is 18.9 Å². The highest BCUT2D eigenvalue weighted by atomic mass is 19.4. The zero-order chi connectivity index (χ0) is 28.5. The van der Waals surface area contributed by atoms with Gasteiger partial charge in [0.05, 0.1) is 11.5 Å². The van der Waals surface area contributed by atoms with E-state index in [0.717, 1.165) is 6.92 Å². The van der Waals surface area contributed by atoms with Crippen LogP contribution >= 0.6 is 0 Å². The van der Waals surface area contributed by atoms with Crippen LogP contribution in [-0.2, 0) is 32.1 Å². The van der Waals surface area contributed by atoms with Crippen molar-refractivity contribution in [1.82, 2.24) is 5.32 Å². The Bertz CT molecular complexity index is 1260. The summed E-state index contributed by atoms with van der Waals surface area (Å²) in [5, 5.41) is 24.5. The van der Waals surface area contributed by atoms with Crippen LogP contribution in [0.3, 0.4) is 0 Å². The summed E-state index contributed by atoms with van der Waals surface area (Å²) in [6.07, 6.45) is -4.98. The first kappa shape index (κ1) is 27.7. The van der Waals surface area contributed by atoms with Gasteiger partial charge in [0.15, 0.2) is 34.7 Å². The number of hydrogen-bond donors (Lipinski definition) is 4. The molecule has 1 aromatic carbocycles. The number of ketones is 4. The molecule has 38 heavy (non-hydrogen) atoms. The van der Waals surface area contributed by atoms with Crippen molar-refractivity contribution in [3.05, 3.63) is 22.8 Å². The number of fused-ring (bicyclic) bond motifs is 3. The zero-order valence-corrected chi connectivity index (χ0v) is 20.9. The van der Waals surface area contributed by atoms with E-state index >= 15 is 0 Å². The molecule has 0 bridgehead atoms. The van der Waals surface area contributed by atoms with Crippen molar-refractivity contribution >= 4 is 34.7 Å². The Balaban J connectivity index is 1.78. The Morgan fingerprint density at radius 1 is 1.21 bits per heavy atom. The van der Waals surface area contributed by atoms with Crippen LogP contribution in [0.2, 0.25) is 0 Å². The topological polar surface area (TPSA) is 167 Å². The Morgan fingerprint density at radius 3 is 2.39 bits per heavy atom. The van der Waals surface area contributed by atoms with E-state index in [0.29, 0.717) is 11.3 Å². The normalized spacial score (nSPS) is 29.9. The largest absolute Gasteiger partial charge is 0.507 e. The van der Waals surface area contributed by atoms with Crippen molar-refractivity contribution in [2.75, 3.05) is 19.0 Å². The maximum atomic E-state index is 13.7. The molecule has 13 heteroatoms. The molecule has 0 saturated heterocycles. The third kappa shape index (κ3) is 4.08. The van der Waals surface area contributed by atoms with Gasteiger partial charge in [-0.15, -0.1) is 0 Å². The number of Topliss-reactive ketones (excluding diaryl/α,β-unsaturated/α-hetero) is 4. The summed E-state index contributed by atoms with van der Waals surface area (Å²) in [4.78, 5) is 66.1. The van der Waals surface area contributed by atoms with Crippen LogP contribution in [0.15, 0.2) is 6.07 Å². The molecular weight excluding hydrogens is 511 g/mol. The number of phenols is 1. The summed E-state index contributed by atoms with van der Waals surface area (Å²) in [5.74, 6) is -11.6. The van der Waals surface area contributed by atoms with Gasteiger partial charge in [0.1, 0.15) is 11.8 Å². The van der Waals surface area contributed by atoms with E-state index in [2.05, 4.69) is 5.32 Å². The number of aliphatic hydroxyl groups is 1. The molecule has 0 radical (unpaired) electrons. The van der Waals surface area contributed by atoms with E-state index in [9.17, 15) is 47.4 Å². The minimum atomic E-state index is -4.55. The van der Waals surface area contributed by atoms with Gasteiger partial charge in [-0.1, -0.05) is 0 Å². The second kappa shape index (κ2) is 9.16. The fraction of sp³-hybridized carbons (Fsp3) is 0.560. The predicted molar refractivity (Wildman–Crippen MR) is 125 cm³/mol. The Morgan fingerprint density at radius 2 is 1.84 bits per heavy atom. The van der Waals surface area contributed by atoms with Gasteiger partial charge in [0, 0.05) is 44.2 Å². The number of halogens is 3. The van der Waals surface area contributed by atoms with Crippen molar-refractivity contribution in [2.45, 2.75) is 50.6 Å². The first-order valence-electron chi connectivity index (χ1n) is 12.0. The fourth-order valence-corrected chi connectivity index (χ4v) is 5.98. The van der Waals surface area contributed by atoms with Crippen LogP contribution in [0.1, 0.15) is 41.3 Å². The van der Waals surface area contributed by atoms with Crippen molar-refractivity contribution in [1.29, 1.82) is 0 Å². The number of carbonyl (C=O) groups is 5. The number of amides is 1. The summed E-state index contributed by atoms with van der Waals surface area (Å²) in [5.41, 5.74) is 2.93. The smallest absolute Gasteiger partial charge is 0.403 e. The molecule has 2 fully saturated rings. The number of benzene rings is 1. The lowest BCUT2D eigenvalue weighted by Gasteiger charge is -2.48. The first-order valence-corrected chi connectivity index (χ1v) is 12.0. The van der Waals surface area contributed by atoms with Gasteiger partial charge in [0.25, 0.3) is 0 Å². The number of carbonyl (C=O) groups excluding carboxylic acids is 5. The summed E-state index contributed by atoms with van der Waals surface area (Å²) in [6, 6.07) is -0.450. The number of hydrogen-bond acceptors (Lipinski definition) is 9. The van der Waals surface area contributed by atoms with E-state index in [4.69, 9.17) is 5.73 Å². The minimum absolute atomic E-state index is 0.0108. The Hall–Kier alpha value is -3.32. The zero-order valence-electron chi connectivity index (χ0n) is 20.9. The van der Waals surface area contributed by atoms with Crippen LogP contribution in [-0.4, -0.2) is 71.2 Å². The van der Waals surface area contributed by atoms with Crippen molar-refractivity contribution in [3.63, 3.8) is 0 Å². The summed E-state index contributed by atoms with van der Waals surface area (Å²) < 4.78 is 39.0. The molecule has 3 aliphatic carbocycles. The fourth-order valence-electron chi connectivity index (χ4n) is 5.98. The molecule has 0 aromatic heterocycles. The molecule has 3 aliphatic rings. The molecule has 1 amide bonds. The van der Waals surface area contributed by atoms with Crippen LogP contribution in [0.5, 0.6) is 5.75 Å². The van der Waals surface area contributed by atoms with E-state index in [-0.39, 0.29) is 24.0 Å². The monoisotopic (exact) mass is 539 g/mol. The second-order valence-electron chi connectivity index (χ2n) is 10.5. The van der Waals surface area contributed by atoms with Crippen molar-refractivity contribution in [3.8, 4) is 5.75 Å². The van der Waals surface area contributed by atoms with Gasteiger partial charge in [0.2, 0.25) is 5.91 Å². The molecule has 2 saturated carbocycles. The third-order valence-corrected chi connectivity index (χ3v) is 8.03. The Labute approximate surface area is 215 Å². The van der Waals surface area contributed by atoms with Gasteiger partial charge < -0.3 is 26.2 Å². The summed E-state index contributed by atoms with van der Waals surface area (Å²) in [6.45, 7) is 0.462. The number of rotatable bonds is 5. The average molecular weight is 540 g/mol. The number of nitrogens with two attached hydrogens (primary N) is 1. The van der Waals surface area contributed by atoms with Gasteiger partial charge in [-0.2, -0.15) is 13.2 Å². The second-order valence-corrected chi connectivity index (χ2v) is 10.5. The van der Waals surface area contributed by atoms with E-state index < -0.39 is 89.2 Å².